The van der Waals surface area contributed by atoms with Gasteiger partial charge in [-0.2, -0.15) is 0 Å². The maximum Gasteiger partial charge on any atom is 0.308 e. The van der Waals surface area contributed by atoms with Gasteiger partial charge in [0.15, 0.2) is 8.32 Å². The SMILES string of the molecule is C[C@H]1C=C2C=C[C@H](C)[C@H](CC[C@@H]3C[C@@H](O[Si](C)(C)C(C)(C)C)CC(=O)O3)C2[C@@H](O)C1. The van der Waals surface area contributed by atoms with Crippen molar-refractivity contribution in [2.75, 3.05) is 0 Å². The van der Waals surface area contributed by atoms with Gasteiger partial charge in [-0.25, -0.2) is 0 Å². The lowest BCUT2D eigenvalue weighted by atomic mass is 9.65. The van der Waals surface area contributed by atoms with Crippen molar-refractivity contribution < 1.29 is 19.1 Å². The molecule has 4 nitrogen and oxygen atoms in total. The molecule has 1 heterocycles. The van der Waals surface area contributed by atoms with Gasteiger partial charge in [-0.15, -0.1) is 0 Å². The highest BCUT2D eigenvalue weighted by Crippen LogP contribution is 2.44. The number of rotatable bonds is 5. The summed E-state index contributed by atoms with van der Waals surface area (Å²) < 4.78 is 12.3. The van der Waals surface area contributed by atoms with Gasteiger partial charge >= 0.3 is 5.97 Å². The lowest BCUT2D eigenvalue weighted by molar-refractivity contribution is -0.160. The van der Waals surface area contributed by atoms with Gasteiger partial charge in [0, 0.05) is 12.3 Å². The van der Waals surface area contributed by atoms with Gasteiger partial charge in [-0.05, 0) is 60.7 Å². The van der Waals surface area contributed by atoms with Crippen molar-refractivity contribution in [1.82, 2.24) is 0 Å². The lowest BCUT2D eigenvalue weighted by Gasteiger charge is -2.43. The van der Waals surface area contributed by atoms with E-state index >= 15 is 0 Å². The van der Waals surface area contributed by atoms with Gasteiger partial charge in [0.2, 0.25) is 0 Å². The van der Waals surface area contributed by atoms with Crippen LogP contribution < -0.4 is 0 Å². The lowest BCUT2D eigenvalue weighted by Crippen LogP contribution is -2.47. The molecule has 0 aromatic heterocycles. The maximum atomic E-state index is 12.3. The molecule has 0 saturated carbocycles. The van der Waals surface area contributed by atoms with Crippen LogP contribution in [0.5, 0.6) is 0 Å². The molecule has 1 aliphatic heterocycles. The van der Waals surface area contributed by atoms with E-state index in [0.29, 0.717) is 24.2 Å². The number of esters is 1. The minimum atomic E-state index is -1.91. The van der Waals surface area contributed by atoms with Gasteiger partial charge in [-0.1, -0.05) is 52.8 Å². The average Bonchev–Trinajstić information content (AvgIpc) is 2.59. The third-order valence-electron chi connectivity index (χ3n) is 7.93. The van der Waals surface area contributed by atoms with Gasteiger partial charge in [0.05, 0.1) is 18.6 Å². The smallest absolute Gasteiger partial charge is 0.308 e. The predicted molar refractivity (Wildman–Crippen MR) is 124 cm³/mol. The highest BCUT2D eigenvalue weighted by atomic mass is 28.4. The van der Waals surface area contributed by atoms with Gasteiger partial charge in [-0.3, -0.25) is 4.79 Å². The Morgan fingerprint density at radius 3 is 2.57 bits per heavy atom. The molecule has 0 radical (unpaired) electrons. The summed E-state index contributed by atoms with van der Waals surface area (Å²) in [5, 5.41) is 10.9. The molecule has 0 amide bonds. The van der Waals surface area contributed by atoms with Gasteiger partial charge in [0.25, 0.3) is 0 Å². The summed E-state index contributed by atoms with van der Waals surface area (Å²) in [6.45, 7) is 15.6. The number of hydrogen-bond acceptors (Lipinski definition) is 4. The van der Waals surface area contributed by atoms with Crippen LogP contribution in [0.1, 0.15) is 66.7 Å². The van der Waals surface area contributed by atoms with E-state index in [2.05, 4.69) is 65.9 Å². The van der Waals surface area contributed by atoms with Crippen molar-refractivity contribution >= 4 is 14.3 Å². The molecule has 0 aromatic rings. The van der Waals surface area contributed by atoms with Crippen molar-refractivity contribution in [3.8, 4) is 0 Å². The van der Waals surface area contributed by atoms with Crippen LogP contribution in [-0.4, -0.2) is 37.7 Å². The first-order valence-corrected chi connectivity index (χ1v) is 14.7. The molecule has 5 heteroatoms. The van der Waals surface area contributed by atoms with Gasteiger partial charge < -0.3 is 14.3 Å². The van der Waals surface area contributed by atoms with Crippen LogP contribution in [0.3, 0.4) is 0 Å². The molecule has 170 valence electrons. The number of aliphatic hydroxyl groups excluding tert-OH is 1. The summed E-state index contributed by atoms with van der Waals surface area (Å²) in [5.74, 6) is 1.33. The van der Waals surface area contributed by atoms with Crippen LogP contribution in [0.2, 0.25) is 18.1 Å². The number of hydrogen-bond donors (Lipinski definition) is 1. The van der Waals surface area contributed by atoms with E-state index < -0.39 is 8.32 Å². The maximum absolute atomic E-state index is 12.3. The summed E-state index contributed by atoms with van der Waals surface area (Å²) in [7, 11) is -1.91. The van der Waals surface area contributed by atoms with Crippen molar-refractivity contribution in [3.05, 3.63) is 23.8 Å². The summed E-state index contributed by atoms with van der Waals surface area (Å²) >= 11 is 0. The van der Waals surface area contributed by atoms with Crippen LogP contribution in [0.15, 0.2) is 23.8 Å². The Kier molecular flexibility index (Phi) is 7.05. The molecule has 0 bridgehead atoms. The van der Waals surface area contributed by atoms with Crippen LogP contribution in [0.25, 0.3) is 0 Å². The van der Waals surface area contributed by atoms with Crippen LogP contribution >= 0.6 is 0 Å². The fraction of sp³-hybridized carbons (Fsp3) is 0.800. The van der Waals surface area contributed by atoms with Crippen LogP contribution in [-0.2, 0) is 14.0 Å². The monoisotopic (exact) mass is 434 g/mol. The zero-order valence-electron chi connectivity index (χ0n) is 20.0. The molecule has 1 N–H and O–H groups in total. The Hall–Kier alpha value is -0.913. The normalized spacial score (nSPS) is 37.4. The van der Waals surface area contributed by atoms with Crippen LogP contribution in [0, 0.1) is 23.7 Å². The van der Waals surface area contributed by atoms with E-state index in [4.69, 9.17) is 9.16 Å². The number of allylic oxidation sites excluding steroid dienone is 3. The fourth-order valence-corrected chi connectivity index (χ4v) is 6.58. The molecule has 2 aliphatic carbocycles. The Morgan fingerprint density at radius 2 is 1.90 bits per heavy atom. The highest BCUT2D eigenvalue weighted by Gasteiger charge is 2.42. The van der Waals surface area contributed by atoms with E-state index in [1.807, 2.05) is 0 Å². The van der Waals surface area contributed by atoms with Crippen molar-refractivity contribution in [2.24, 2.45) is 23.7 Å². The Labute approximate surface area is 184 Å². The Morgan fingerprint density at radius 1 is 1.20 bits per heavy atom. The van der Waals surface area contributed by atoms with Crippen LogP contribution in [0.4, 0.5) is 0 Å². The fourth-order valence-electron chi connectivity index (χ4n) is 5.21. The van der Waals surface area contributed by atoms with E-state index in [9.17, 15) is 9.90 Å². The topological polar surface area (TPSA) is 55.8 Å². The molecule has 3 rings (SSSR count). The average molecular weight is 435 g/mol. The molecule has 1 unspecified atom stereocenters. The van der Waals surface area contributed by atoms with Crippen molar-refractivity contribution in [1.29, 1.82) is 0 Å². The minimum absolute atomic E-state index is 0.0302. The second kappa shape index (κ2) is 8.91. The minimum Gasteiger partial charge on any atom is -0.462 e. The number of aliphatic hydroxyl groups is 1. The van der Waals surface area contributed by atoms with E-state index in [0.717, 1.165) is 25.7 Å². The number of cyclic esters (lactones) is 1. The standard InChI is InChI=1S/C25H42O4Si/c1-16-12-18-9-8-17(2)21(24(18)22(26)13-16)11-10-19-14-20(15-23(27)28-19)29-30(6,7)25(3,4)5/h8-9,12,16-17,19-22,24,26H,10-11,13-15H2,1-7H3/t16-,17-,19+,20+,21-,22-,24?/m0/s1. The largest absolute Gasteiger partial charge is 0.462 e. The second-order valence-electron chi connectivity index (χ2n) is 11.5. The first-order chi connectivity index (χ1) is 13.9. The summed E-state index contributed by atoms with van der Waals surface area (Å²) in [6.07, 6.45) is 10.3. The molecule has 1 saturated heterocycles. The second-order valence-corrected chi connectivity index (χ2v) is 16.2. The number of ether oxygens (including phenoxy) is 1. The van der Waals surface area contributed by atoms with Gasteiger partial charge in [0.1, 0.15) is 6.10 Å². The molecule has 0 aromatic carbocycles. The zero-order valence-corrected chi connectivity index (χ0v) is 21.0. The van der Waals surface area contributed by atoms with Crippen molar-refractivity contribution in [3.63, 3.8) is 0 Å². The third-order valence-corrected chi connectivity index (χ3v) is 12.5. The molecule has 30 heavy (non-hydrogen) atoms. The Balaban J connectivity index is 1.64. The zero-order chi connectivity index (χ0) is 22.3. The van der Waals surface area contributed by atoms with E-state index in [-0.39, 0.29) is 35.2 Å². The molecule has 0 spiro atoms. The number of carbonyl (C=O) groups is 1. The van der Waals surface area contributed by atoms with E-state index in [1.165, 1.54) is 5.57 Å². The molecular formula is C25H42O4Si. The Bertz CT molecular complexity index is 690. The van der Waals surface area contributed by atoms with E-state index in [1.54, 1.807) is 0 Å². The third kappa shape index (κ3) is 5.28. The first kappa shape index (κ1) is 23.7. The summed E-state index contributed by atoms with van der Waals surface area (Å²) in [5.41, 5.74) is 1.30. The first-order valence-electron chi connectivity index (χ1n) is 11.8. The highest BCUT2D eigenvalue weighted by molar-refractivity contribution is 6.74. The predicted octanol–water partition coefficient (Wildman–Crippen LogP) is 5.63. The molecule has 7 atom stereocenters. The molecule has 3 aliphatic rings. The summed E-state index contributed by atoms with van der Waals surface area (Å²) in [6, 6.07) is 0. The van der Waals surface area contributed by atoms with Crippen molar-refractivity contribution in [2.45, 2.75) is 103 Å². The molecular weight excluding hydrogens is 392 g/mol. The quantitative estimate of drug-likeness (QED) is 0.450. The molecule has 1 fully saturated rings. The number of fused-ring (bicyclic) bond motifs is 1. The number of carbonyl (C=O) groups excluding carboxylic acids is 1. The summed E-state index contributed by atoms with van der Waals surface area (Å²) in [4.78, 5) is 12.3.